The number of piperidine rings is 1. The minimum Gasteiger partial charge on any atom is -0.329 e. The molecule has 1 aromatic rings. The van der Waals surface area contributed by atoms with Gasteiger partial charge in [0.2, 0.25) is 0 Å². The van der Waals surface area contributed by atoms with Crippen molar-refractivity contribution in [2.24, 2.45) is 5.73 Å². The first-order valence-corrected chi connectivity index (χ1v) is 6.79. The molecule has 1 fully saturated rings. The number of thiophene rings is 1. The first-order valence-electron chi connectivity index (χ1n) is 5.85. The molecule has 0 aromatic carbocycles. The van der Waals surface area contributed by atoms with E-state index in [1.807, 2.05) is 0 Å². The third-order valence-corrected chi connectivity index (χ3v) is 4.02. The summed E-state index contributed by atoms with van der Waals surface area (Å²) in [4.78, 5) is 2.57. The summed E-state index contributed by atoms with van der Waals surface area (Å²) in [5.41, 5.74) is 7.28. The van der Waals surface area contributed by atoms with Crippen LogP contribution in [0.5, 0.6) is 0 Å². The van der Waals surface area contributed by atoms with Crippen LogP contribution in [0, 0.1) is 0 Å². The highest BCUT2D eigenvalue weighted by atomic mass is 32.1. The molecule has 0 saturated carbocycles. The highest BCUT2D eigenvalue weighted by Gasteiger charge is 2.20. The first kappa shape index (κ1) is 11.1. The molecule has 1 aliphatic rings. The van der Waals surface area contributed by atoms with E-state index < -0.39 is 0 Å². The van der Waals surface area contributed by atoms with E-state index in [1.165, 1.54) is 44.3 Å². The van der Waals surface area contributed by atoms with Crippen LogP contribution in [0.1, 0.15) is 24.8 Å². The molecule has 0 aliphatic carbocycles. The minimum absolute atomic E-state index is 0.636. The summed E-state index contributed by atoms with van der Waals surface area (Å²) in [6.45, 7) is 3.24. The Labute approximate surface area is 96.1 Å². The summed E-state index contributed by atoms with van der Waals surface area (Å²) in [5.74, 6) is 0. The van der Waals surface area contributed by atoms with E-state index >= 15 is 0 Å². The Kier molecular flexibility index (Phi) is 4.18. The molecule has 15 heavy (non-hydrogen) atoms. The van der Waals surface area contributed by atoms with Crippen molar-refractivity contribution < 1.29 is 0 Å². The number of likely N-dealkylation sites (tertiary alicyclic amines) is 1. The molecule has 0 unspecified atom stereocenters. The maximum absolute atomic E-state index is 5.80. The van der Waals surface area contributed by atoms with Crippen molar-refractivity contribution >= 4 is 11.3 Å². The normalized spacial score (nSPS) is 23.1. The quantitative estimate of drug-likeness (QED) is 0.848. The third-order valence-electron chi connectivity index (χ3n) is 3.29. The van der Waals surface area contributed by atoms with Gasteiger partial charge in [0.1, 0.15) is 0 Å². The van der Waals surface area contributed by atoms with Crippen LogP contribution in [0.2, 0.25) is 0 Å². The van der Waals surface area contributed by atoms with Crippen LogP contribution < -0.4 is 5.73 Å². The van der Waals surface area contributed by atoms with Crippen LogP contribution in [-0.4, -0.2) is 30.6 Å². The second kappa shape index (κ2) is 5.64. The van der Waals surface area contributed by atoms with E-state index in [0.29, 0.717) is 6.04 Å². The maximum atomic E-state index is 5.80. The third kappa shape index (κ3) is 3.03. The Morgan fingerprint density at radius 3 is 3.13 bits per heavy atom. The predicted octanol–water partition coefficient (Wildman–Crippen LogP) is 2.10. The second-order valence-electron chi connectivity index (χ2n) is 4.30. The van der Waals surface area contributed by atoms with Gasteiger partial charge >= 0.3 is 0 Å². The van der Waals surface area contributed by atoms with E-state index in [2.05, 4.69) is 21.7 Å². The van der Waals surface area contributed by atoms with Crippen LogP contribution in [-0.2, 0) is 6.42 Å². The van der Waals surface area contributed by atoms with Crippen molar-refractivity contribution in [1.82, 2.24) is 4.90 Å². The molecule has 84 valence electrons. The molecular weight excluding hydrogens is 204 g/mol. The largest absolute Gasteiger partial charge is 0.329 e. The van der Waals surface area contributed by atoms with Gasteiger partial charge in [-0.1, -0.05) is 6.42 Å². The van der Waals surface area contributed by atoms with Gasteiger partial charge < -0.3 is 5.73 Å². The van der Waals surface area contributed by atoms with E-state index in [1.54, 1.807) is 11.3 Å². The Morgan fingerprint density at radius 2 is 2.40 bits per heavy atom. The zero-order valence-corrected chi connectivity index (χ0v) is 10.0. The average molecular weight is 224 g/mol. The molecule has 0 bridgehead atoms. The lowest BCUT2D eigenvalue weighted by Gasteiger charge is -2.34. The fourth-order valence-corrected chi connectivity index (χ4v) is 3.03. The minimum atomic E-state index is 0.636. The summed E-state index contributed by atoms with van der Waals surface area (Å²) >= 11 is 1.79. The van der Waals surface area contributed by atoms with Crippen molar-refractivity contribution in [3.8, 4) is 0 Å². The molecule has 1 aromatic heterocycles. The van der Waals surface area contributed by atoms with Crippen LogP contribution in [0.25, 0.3) is 0 Å². The second-order valence-corrected chi connectivity index (χ2v) is 5.08. The SMILES string of the molecule is NC[C@H]1CCCCN1CCc1ccsc1. The van der Waals surface area contributed by atoms with E-state index in [4.69, 9.17) is 5.73 Å². The summed E-state index contributed by atoms with van der Waals surface area (Å²) in [7, 11) is 0. The van der Waals surface area contributed by atoms with Crippen molar-refractivity contribution in [3.63, 3.8) is 0 Å². The van der Waals surface area contributed by atoms with Gasteiger partial charge in [-0.05, 0) is 48.2 Å². The lowest BCUT2D eigenvalue weighted by molar-refractivity contribution is 0.155. The van der Waals surface area contributed by atoms with E-state index in [0.717, 1.165) is 6.54 Å². The van der Waals surface area contributed by atoms with Crippen LogP contribution in [0.4, 0.5) is 0 Å². The lowest BCUT2D eigenvalue weighted by Crippen LogP contribution is -2.44. The number of hydrogen-bond acceptors (Lipinski definition) is 3. The zero-order chi connectivity index (χ0) is 10.5. The number of nitrogens with zero attached hydrogens (tertiary/aromatic N) is 1. The van der Waals surface area contributed by atoms with Gasteiger partial charge in [0.15, 0.2) is 0 Å². The van der Waals surface area contributed by atoms with Gasteiger partial charge in [0, 0.05) is 19.1 Å². The van der Waals surface area contributed by atoms with Crippen LogP contribution in [0.3, 0.4) is 0 Å². The summed E-state index contributed by atoms with van der Waals surface area (Å²) in [6, 6.07) is 2.86. The highest BCUT2D eigenvalue weighted by molar-refractivity contribution is 7.07. The molecule has 0 amide bonds. The Hall–Kier alpha value is -0.380. The van der Waals surface area contributed by atoms with Crippen molar-refractivity contribution in [2.45, 2.75) is 31.7 Å². The molecule has 1 atom stereocenters. The fourth-order valence-electron chi connectivity index (χ4n) is 2.33. The van der Waals surface area contributed by atoms with Gasteiger partial charge in [-0.15, -0.1) is 0 Å². The lowest BCUT2D eigenvalue weighted by atomic mass is 10.0. The number of hydrogen-bond donors (Lipinski definition) is 1. The molecule has 0 radical (unpaired) electrons. The molecule has 3 heteroatoms. The number of rotatable bonds is 4. The van der Waals surface area contributed by atoms with Crippen molar-refractivity contribution in [2.75, 3.05) is 19.6 Å². The predicted molar refractivity (Wildman–Crippen MR) is 66.3 cm³/mol. The molecular formula is C12H20N2S. The molecule has 2 rings (SSSR count). The molecule has 0 spiro atoms. The number of nitrogens with two attached hydrogens (primary N) is 1. The summed E-state index contributed by atoms with van der Waals surface area (Å²) < 4.78 is 0. The van der Waals surface area contributed by atoms with Gasteiger partial charge in [-0.25, -0.2) is 0 Å². The van der Waals surface area contributed by atoms with Crippen LogP contribution >= 0.6 is 11.3 Å². The van der Waals surface area contributed by atoms with Crippen molar-refractivity contribution in [1.29, 1.82) is 0 Å². The monoisotopic (exact) mass is 224 g/mol. The highest BCUT2D eigenvalue weighted by Crippen LogP contribution is 2.17. The van der Waals surface area contributed by atoms with E-state index in [9.17, 15) is 0 Å². The van der Waals surface area contributed by atoms with Gasteiger partial charge in [0.05, 0.1) is 0 Å². The van der Waals surface area contributed by atoms with Gasteiger partial charge in [0.25, 0.3) is 0 Å². The summed E-state index contributed by atoms with van der Waals surface area (Å²) in [5, 5.41) is 4.41. The topological polar surface area (TPSA) is 29.3 Å². The van der Waals surface area contributed by atoms with Gasteiger partial charge in [-0.3, -0.25) is 4.90 Å². The Morgan fingerprint density at radius 1 is 1.47 bits per heavy atom. The standard InChI is InChI=1S/C12H20N2S/c13-9-12-3-1-2-6-14(12)7-4-11-5-8-15-10-11/h5,8,10,12H,1-4,6-7,9,13H2/t12-/m1/s1. The smallest absolute Gasteiger partial charge is 0.0218 e. The zero-order valence-electron chi connectivity index (χ0n) is 9.19. The van der Waals surface area contributed by atoms with Crippen molar-refractivity contribution in [3.05, 3.63) is 22.4 Å². The molecule has 2 heterocycles. The van der Waals surface area contributed by atoms with Gasteiger partial charge in [-0.2, -0.15) is 11.3 Å². The maximum Gasteiger partial charge on any atom is 0.0218 e. The van der Waals surface area contributed by atoms with Crippen LogP contribution in [0.15, 0.2) is 16.8 Å². The molecule has 1 saturated heterocycles. The fraction of sp³-hybridized carbons (Fsp3) is 0.667. The Bertz CT molecular complexity index is 271. The van der Waals surface area contributed by atoms with E-state index in [-0.39, 0.29) is 0 Å². The first-order chi connectivity index (χ1) is 7.40. The molecule has 2 nitrogen and oxygen atoms in total. The average Bonchev–Trinajstić information content (AvgIpc) is 2.79. The Balaban J connectivity index is 1.81. The summed E-state index contributed by atoms with van der Waals surface area (Å²) in [6.07, 6.45) is 5.18. The molecule has 1 aliphatic heterocycles. The molecule has 2 N–H and O–H groups in total.